The Bertz CT molecular complexity index is 679. The number of anilines is 1. The number of aromatic nitrogens is 1. The van der Waals surface area contributed by atoms with Crippen molar-refractivity contribution in [2.45, 2.75) is 13.8 Å². The molecule has 0 unspecified atom stereocenters. The normalized spacial score (nSPS) is 10.7. The molecule has 0 radical (unpaired) electrons. The van der Waals surface area contributed by atoms with E-state index in [0.29, 0.717) is 10.6 Å². The van der Waals surface area contributed by atoms with Gasteiger partial charge in [0.05, 0.1) is 5.69 Å². The number of nitrogens with two attached hydrogens (primary N) is 1. The predicted molar refractivity (Wildman–Crippen MR) is 78.8 cm³/mol. The molecular formula is C13H13ClN2O2S. The van der Waals surface area contributed by atoms with Crippen LogP contribution in [-0.4, -0.2) is 17.6 Å². The van der Waals surface area contributed by atoms with E-state index in [0.717, 1.165) is 21.5 Å². The lowest BCUT2D eigenvalue weighted by atomic mass is 10.1. The molecule has 2 N–H and O–H groups in total. The summed E-state index contributed by atoms with van der Waals surface area (Å²) in [6.07, 6.45) is 0. The molecule has 2 aromatic rings. The number of ether oxygens (including phenoxy) is 1. The van der Waals surface area contributed by atoms with Crippen LogP contribution in [-0.2, 0) is 4.74 Å². The molecule has 19 heavy (non-hydrogen) atoms. The van der Waals surface area contributed by atoms with Crippen molar-refractivity contribution >= 4 is 44.8 Å². The summed E-state index contributed by atoms with van der Waals surface area (Å²) in [5.74, 6) is -0.501. The third kappa shape index (κ3) is 2.72. The minimum Gasteiger partial charge on any atom is -0.456 e. The number of carbonyl (C=O) groups is 1. The van der Waals surface area contributed by atoms with Crippen molar-refractivity contribution in [3.8, 4) is 0 Å². The van der Waals surface area contributed by atoms with Crippen LogP contribution in [0, 0.1) is 13.8 Å². The molecule has 0 aliphatic heterocycles. The molecule has 2 aromatic heterocycles. The van der Waals surface area contributed by atoms with E-state index < -0.39 is 5.97 Å². The molecule has 0 aromatic carbocycles. The Labute approximate surface area is 119 Å². The molecule has 0 fully saturated rings. The number of hydrogen-bond acceptors (Lipinski definition) is 5. The van der Waals surface area contributed by atoms with Gasteiger partial charge in [-0.15, -0.1) is 11.3 Å². The minimum absolute atomic E-state index is 0.0283. The Morgan fingerprint density at radius 3 is 2.89 bits per heavy atom. The molecule has 0 spiro atoms. The van der Waals surface area contributed by atoms with Crippen LogP contribution in [0.4, 0.5) is 5.69 Å². The van der Waals surface area contributed by atoms with Gasteiger partial charge in [-0.05, 0) is 25.5 Å². The number of nitrogen functional groups attached to an aromatic ring is 1. The van der Waals surface area contributed by atoms with Crippen LogP contribution in [0.15, 0.2) is 17.7 Å². The quantitative estimate of drug-likeness (QED) is 0.882. The van der Waals surface area contributed by atoms with Crippen molar-refractivity contribution in [3.05, 3.63) is 33.8 Å². The lowest BCUT2D eigenvalue weighted by Crippen LogP contribution is -2.06. The van der Waals surface area contributed by atoms with E-state index in [9.17, 15) is 4.79 Å². The van der Waals surface area contributed by atoms with Crippen molar-refractivity contribution < 1.29 is 9.53 Å². The summed E-state index contributed by atoms with van der Waals surface area (Å²) in [4.78, 5) is 17.4. The van der Waals surface area contributed by atoms with E-state index in [1.807, 2.05) is 19.9 Å². The third-order valence-electron chi connectivity index (χ3n) is 2.57. The molecule has 0 amide bonds. The highest BCUT2D eigenvalue weighted by molar-refractivity contribution is 7.21. The van der Waals surface area contributed by atoms with Crippen molar-refractivity contribution in [2.24, 2.45) is 0 Å². The second-order valence-electron chi connectivity index (χ2n) is 4.20. The average Bonchev–Trinajstić information content (AvgIpc) is 2.63. The highest BCUT2D eigenvalue weighted by Gasteiger charge is 2.20. The molecule has 0 bridgehead atoms. The van der Waals surface area contributed by atoms with Gasteiger partial charge in [-0.25, -0.2) is 9.78 Å². The fraction of sp³-hybridized carbons (Fsp3) is 0.231. The summed E-state index contributed by atoms with van der Waals surface area (Å²) in [6.45, 7) is 7.27. The summed E-state index contributed by atoms with van der Waals surface area (Å²) in [5.41, 5.74) is 8.31. The van der Waals surface area contributed by atoms with E-state index in [4.69, 9.17) is 22.1 Å². The zero-order valence-electron chi connectivity index (χ0n) is 10.6. The van der Waals surface area contributed by atoms with Gasteiger partial charge in [0.1, 0.15) is 16.3 Å². The van der Waals surface area contributed by atoms with Gasteiger partial charge in [0.2, 0.25) is 0 Å². The number of carbonyl (C=O) groups excluding carboxylic acids is 1. The maximum atomic E-state index is 11.9. The van der Waals surface area contributed by atoms with Crippen LogP contribution in [0.25, 0.3) is 10.2 Å². The number of fused-ring (bicyclic) bond motifs is 1. The van der Waals surface area contributed by atoms with Crippen LogP contribution in [0.2, 0.25) is 0 Å². The molecule has 2 rings (SSSR count). The Balaban J connectivity index is 2.45. The number of halogens is 1. The summed E-state index contributed by atoms with van der Waals surface area (Å²) >= 11 is 6.79. The fourth-order valence-corrected chi connectivity index (χ4v) is 3.00. The van der Waals surface area contributed by atoms with Gasteiger partial charge in [0.15, 0.2) is 0 Å². The number of nitrogens with zero attached hydrogens (tertiary/aromatic N) is 1. The van der Waals surface area contributed by atoms with Crippen molar-refractivity contribution in [1.29, 1.82) is 0 Å². The van der Waals surface area contributed by atoms with E-state index >= 15 is 0 Å². The second-order valence-corrected chi connectivity index (χ2v) is 5.73. The largest absolute Gasteiger partial charge is 0.456 e. The van der Waals surface area contributed by atoms with E-state index in [2.05, 4.69) is 11.6 Å². The average molecular weight is 297 g/mol. The standard InChI is InChI=1S/C13H13ClN2O2S/c1-6-4-8(3)16-12-9(6)10(15)11(19-12)13(17)18-5-7(2)14/h4H,2,5,15H2,1,3H3. The molecule has 0 saturated heterocycles. The van der Waals surface area contributed by atoms with Crippen LogP contribution in [0.1, 0.15) is 20.9 Å². The van der Waals surface area contributed by atoms with Crippen molar-refractivity contribution in [3.63, 3.8) is 0 Å². The maximum Gasteiger partial charge on any atom is 0.350 e. The van der Waals surface area contributed by atoms with Gasteiger partial charge in [-0.3, -0.25) is 0 Å². The highest BCUT2D eigenvalue weighted by atomic mass is 35.5. The third-order valence-corrected chi connectivity index (χ3v) is 3.76. The number of pyridine rings is 1. The molecule has 6 heteroatoms. The summed E-state index contributed by atoms with van der Waals surface area (Å²) in [7, 11) is 0. The fourth-order valence-electron chi connectivity index (χ4n) is 1.83. The molecule has 2 heterocycles. The van der Waals surface area contributed by atoms with Crippen LogP contribution < -0.4 is 5.73 Å². The van der Waals surface area contributed by atoms with Gasteiger partial charge in [-0.2, -0.15) is 0 Å². The summed E-state index contributed by atoms with van der Waals surface area (Å²) in [5, 5.41) is 1.07. The SMILES string of the molecule is C=C(Cl)COC(=O)c1sc2nc(C)cc(C)c2c1N. The lowest BCUT2D eigenvalue weighted by molar-refractivity contribution is 0.0553. The zero-order valence-corrected chi connectivity index (χ0v) is 12.2. The monoisotopic (exact) mass is 296 g/mol. The highest BCUT2D eigenvalue weighted by Crippen LogP contribution is 2.35. The number of hydrogen-bond donors (Lipinski definition) is 1. The number of aryl methyl sites for hydroxylation is 2. The Morgan fingerprint density at radius 2 is 2.26 bits per heavy atom. The molecule has 0 aliphatic rings. The number of esters is 1. The Hall–Kier alpha value is -1.59. The zero-order chi connectivity index (χ0) is 14.2. The maximum absolute atomic E-state index is 11.9. The molecule has 0 saturated carbocycles. The van der Waals surface area contributed by atoms with Gasteiger partial charge in [0, 0.05) is 16.1 Å². The lowest BCUT2D eigenvalue weighted by Gasteiger charge is -2.02. The van der Waals surface area contributed by atoms with Crippen molar-refractivity contribution in [1.82, 2.24) is 4.98 Å². The van der Waals surface area contributed by atoms with Crippen LogP contribution >= 0.6 is 22.9 Å². The number of rotatable bonds is 3. The first-order valence-electron chi connectivity index (χ1n) is 5.56. The molecule has 0 aliphatic carbocycles. The van der Waals surface area contributed by atoms with E-state index in [1.165, 1.54) is 11.3 Å². The predicted octanol–water partition coefficient (Wildman–Crippen LogP) is 3.40. The van der Waals surface area contributed by atoms with Gasteiger partial charge < -0.3 is 10.5 Å². The Morgan fingerprint density at radius 1 is 1.58 bits per heavy atom. The second kappa shape index (κ2) is 5.19. The molecule has 100 valence electrons. The van der Waals surface area contributed by atoms with Gasteiger partial charge in [-0.1, -0.05) is 18.2 Å². The molecule has 4 nitrogen and oxygen atoms in total. The smallest absolute Gasteiger partial charge is 0.350 e. The Kier molecular flexibility index (Phi) is 3.78. The van der Waals surface area contributed by atoms with Gasteiger partial charge >= 0.3 is 5.97 Å². The molecule has 0 atom stereocenters. The van der Waals surface area contributed by atoms with E-state index in [1.54, 1.807) is 0 Å². The van der Waals surface area contributed by atoms with Crippen molar-refractivity contribution in [2.75, 3.05) is 12.3 Å². The van der Waals surface area contributed by atoms with Crippen LogP contribution in [0.3, 0.4) is 0 Å². The minimum atomic E-state index is -0.501. The summed E-state index contributed by atoms with van der Waals surface area (Å²) < 4.78 is 5.00. The summed E-state index contributed by atoms with van der Waals surface area (Å²) in [6, 6.07) is 1.93. The first-order valence-corrected chi connectivity index (χ1v) is 6.76. The first kappa shape index (κ1) is 13.8. The van der Waals surface area contributed by atoms with E-state index in [-0.39, 0.29) is 11.6 Å². The topological polar surface area (TPSA) is 65.2 Å². The van der Waals surface area contributed by atoms with Crippen LogP contribution in [0.5, 0.6) is 0 Å². The van der Waals surface area contributed by atoms with Gasteiger partial charge in [0.25, 0.3) is 0 Å². The first-order chi connectivity index (χ1) is 8.90. The number of thiophene rings is 1. The molecular weight excluding hydrogens is 284 g/mol.